The minimum atomic E-state index is -3.97. The van der Waals surface area contributed by atoms with Gasteiger partial charge in [0.25, 0.3) is 0 Å². The monoisotopic (exact) mass is 362 g/mol. The average molecular weight is 362 g/mol. The first-order valence-electron chi connectivity index (χ1n) is 8.11. The summed E-state index contributed by atoms with van der Waals surface area (Å²) in [6.07, 6.45) is 1.82. The van der Waals surface area contributed by atoms with Gasteiger partial charge in [-0.2, -0.15) is 0 Å². The van der Waals surface area contributed by atoms with Gasteiger partial charge in [-0.1, -0.05) is 30.3 Å². The standard InChI is InChI=1S/C18H19FN2O3S/c19-15-8-2-4-10-17(15)25(23,24)20-12-11-18(22)21-13-5-7-14-6-1-3-9-16(14)21/h1-4,6,8-10,20H,5,7,11-13H2. The van der Waals surface area contributed by atoms with Crippen LogP contribution in [0.2, 0.25) is 0 Å². The van der Waals surface area contributed by atoms with Crippen molar-refractivity contribution >= 4 is 21.6 Å². The number of anilines is 1. The quantitative estimate of drug-likeness (QED) is 0.889. The number of hydrogen-bond donors (Lipinski definition) is 1. The Kier molecular flexibility index (Phi) is 5.15. The number of nitrogens with one attached hydrogen (secondary N) is 1. The molecule has 0 radical (unpaired) electrons. The van der Waals surface area contributed by atoms with Crippen LogP contribution < -0.4 is 9.62 Å². The van der Waals surface area contributed by atoms with E-state index in [0.717, 1.165) is 30.2 Å². The highest BCUT2D eigenvalue weighted by molar-refractivity contribution is 7.89. The number of amides is 1. The van der Waals surface area contributed by atoms with E-state index in [-0.39, 0.29) is 18.9 Å². The first-order chi connectivity index (χ1) is 12.0. The van der Waals surface area contributed by atoms with Crippen LogP contribution in [0.3, 0.4) is 0 Å². The number of rotatable bonds is 5. The maximum atomic E-state index is 13.6. The molecule has 0 atom stereocenters. The number of para-hydroxylation sites is 1. The second-order valence-electron chi connectivity index (χ2n) is 5.86. The summed E-state index contributed by atoms with van der Waals surface area (Å²) in [4.78, 5) is 13.7. The van der Waals surface area contributed by atoms with Crippen molar-refractivity contribution in [1.82, 2.24) is 4.72 Å². The van der Waals surface area contributed by atoms with Gasteiger partial charge in [0.2, 0.25) is 15.9 Å². The van der Waals surface area contributed by atoms with E-state index in [4.69, 9.17) is 0 Å². The molecule has 2 aromatic carbocycles. The highest BCUT2D eigenvalue weighted by Gasteiger charge is 2.23. The molecule has 0 spiro atoms. The maximum absolute atomic E-state index is 13.6. The number of carbonyl (C=O) groups is 1. The first-order valence-corrected chi connectivity index (χ1v) is 9.60. The number of carbonyl (C=O) groups excluding carboxylic acids is 1. The zero-order chi connectivity index (χ0) is 17.9. The molecular weight excluding hydrogens is 343 g/mol. The van der Waals surface area contributed by atoms with E-state index in [2.05, 4.69) is 4.72 Å². The van der Waals surface area contributed by atoms with E-state index < -0.39 is 20.7 Å². The van der Waals surface area contributed by atoms with Gasteiger partial charge < -0.3 is 4.90 Å². The predicted octanol–water partition coefficient (Wildman–Crippen LogP) is 2.47. The summed E-state index contributed by atoms with van der Waals surface area (Å²) in [6, 6.07) is 12.9. The van der Waals surface area contributed by atoms with E-state index in [1.54, 1.807) is 4.90 Å². The highest BCUT2D eigenvalue weighted by atomic mass is 32.2. The minimum Gasteiger partial charge on any atom is -0.312 e. The van der Waals surface area contributed by atoms with Gasteiger partial charge in [-0.15, -0.1) is 0 Å². The molecule has 1 N–H and O–H groups in total. The lowest BCUT2D eigenvalue weighted by Crippen LogP contribution is -2.37. The number of benzene rings is 2. The van der Waals surface area contributed by atoms with Crippen LogP contribution in [0.25, 0.3) is 0 Å². The molecule has 2 aromatic rings. The fraction of sp³-hybridized carbons (Fsp3) is 0.278. The maximum Gasteiger partial charge on any atom is 0.243 e. The van der Waals surface area contributed by atoms with E-state index in [1.807, 2.05) is 24.3 Å². The topological polar surface area (TPSA) is 66.5 Å². The zero-order valence-electron chi connectivity index (χ0n) is 13.6. The molecule has 0 aliphatic carbocycles. The molecular formula is C18H19FN2O3S. The third-order valence-corrected chi connectivity index (χ3v) is 5.66. The van der Waals surface area contributed by atoms with Crippen molar-refractivity contribution in [1.29, 1.82) is 0 Å². The van der Waals surface area contributed by atoms with Gasteiger partial charge in [0, 0.05) is 25.2 Å². The molecule has 5 nitrogen and oxygen atoms in total. The van der Waals surface area contributed by atoms with E-state index in [9.17, 15) is 17.6 Å². The SMILES string of the molecule is O=C(CCNS(=O)(=O)c1ccccc1F)N1CCCc2ccccc21. The van der Waals surface area contributed by atoms with Gasteiger partial charge in [-0.05, 0) is 36.6 Å². The lowest BCUT2D eigenvalue weighted by molar-refractivity contribution is -0.118. The van der Waals surface area contributed by atoms with Gasteiger partial charge >= 0.3 is 0 Å². The van der Waals surface area contributed by atoms with Gasteiger partial charge in [0.15, 0.2) is 0 Å². The molecule has 3 rings (SSSR count). The Morgan fingerprint density at radius 2 is 1.84 bits per heavy atom. The van der Waals surface area contributed by atoms with Crippen LogP contribution in [0.1, 0.15) is 18.4 Å². The summed E-state index contributed by atoms with van der Waals surface area (Å²) in [6.45, 7) is 0.546. The fourth-order valence-corrected chi connectivity index (χ4v) is 4.07. The largest absolute Gasteiger partial charge is 0.312 e. The van der Waals surface area contributed by atoms with Crippen molar-refractivity contribution < 1.29 is 17.6 Å². The van der Waals surface area contributed by atoms with Crippen LogP contribution >= 0.6 is 0 Å². The number of halogens is 1. The molecule has 0 unspecified atom stereocenters. The number of aryl methyl sites for hydroxylation is 1. The number of fused-ring (bicyclic) bond motifs is 1. The molecule has 1 amide bonds. The molecule has 1 aliphatic rings. The van der Waals surface area contributed by atoms with Crippen LogP contribution in [0.4, 0.5) is 10.1 Å². The summed E-state index contributed by atoms with van der Waals surface area (Å²) in [7, 11) is -3.97. The summed E-state index contributed by atoms with van der Waals surface area (Å²) >= 11 is 0. The van der Waals surface area contributed by atoms with Crippen molar-refractivity contribution in [2.24, 2.45) is 0 Å². The lowest BCUT2D eigenvalue weighted by Gasteiger charge is -2.29. The first kappa shape index (κ1) is 17.6. The Morgan fingerprint density at radius 1 is 1.12 bits per heavy atom. The molecule has 0 aromatic heterocycles. The third-order valence-electron chi connectivity index (χ3n) is 4.17. The fourth-order valence-electron chi connectivity index (χ4n) is 2.96. The van der Waals surface area contributed by atoms with Gasteiger partial charge in [0.05, 0.1) is 0 Å². The van der Waals surface area contributed by atoms with Crippen molar-refractivity contribution in [3.05, 3.63) is 59.9 Å². The van der Waals surface area contributed by atoms with Crippen molar-refractivity contribution in [3.63, 3.8) is 0 Å². The van der Waals surface area contributed by atoms with Gasteiger partial charge in [0.1, 0.15) is 10.7 Å². The Morgan fingerprint density at radius 3 is 2.64 bits per heavy atom. The zero-order valence-corrected chi connectivity index (χ0v) is 14.4. The number of sulfonamides is 1. The number of nitrogens with zero attached hydrogens (tertiary/aromatic N) is 1. The number of hydrogen-bond acceptors (Lipinski definition) is 3. The van der Waals surface area contributed by atoms with Crippen LogP contribution in [-0.4, -0.2) is 27.4 Å². The van der Waals surface area contributed by atoms with Crippen molar-refractivity contribution in [2.45, 2.75) is 24.2 Å². The summed E-state index contributed by atoms with van der Waals surface area (Å²) in [5, 5.41) is 0. The normalized spacial score (nSPS) is 14.2. The Balaban J connectivity index is 1.63. The molecule has 1 aliphatic heterocycles. The Bertz CT molecular complexity index is 883. The van der Waals surface area contributed by atoms with E-state index in [1.165, 1.54) is 18.2 Å². The Labute approximate surface area is 146 Å². The molecule has 0 fully saturated rings. The average Bonchev–Trinajstić information content (AvgIpc) is 2.61. The Hall–Kier alpha value is -2.25. The molecule has 25 heavy (non-hydrogen) atoms. The summed E-state index contributed by atoms with van der Waals surface area (Å²) in [5.41, 5.74) is 2.00. The minimum absolute atomic E-state index is 0.0159. The van der Waals surface area contributed by atoms with Gasteiger partial charge in [-0.3, -0.25) is 4.79 Å². The smallest absolute Gasteiger partial charge is 0.243 e. The summed E-state index contributed by atoms with van der Waals surface area (Å²) < 4.78 is 40.2. The van der Waals surface area contributed by atoms with Crippen molar-refractivity contribution in [2.75, 3.05) is 18.0 Å². The van der Waals surface area contributed by atoms with E-state index >= 15 is 0 Å². The molecule has 7 heteroatoms. The van der Waals surface area contributed by atoms with E-state index in [0.29, 0.717) is 6.54 Å². The lowest BCUT2D eigenvalue weighted by atomic mass is 10.0. The molecule has 0 saturated heterocycles. The van der Waals surface area contributed by atoms with Crippen LogP contribution in [0.15, 0.2) is 53.4 Å². The molecule has 1 heterocycles. The third kappa shape index (κ3) is 3.88. The molecule has 0 saturated carbocycles. The second-order valence-corrected chi connectivity index (χ2v) is 7.59. The van der Waals surface area contributed by atoms with Crippen LogP contribution in [0, 0.1) is 5.82 Å². The second kappa shape index (κ2) is 7.33. The van der Waals surface area contributed by atoms with Gasteiger partial charge in [-0.25, -0.2) is 17.5 Å². The summed E-state index contributed by atoms with van der Waals surface area (Å²) in [5.74, 6) is -0.963. The van der Waals surface area contributed by atoms with Crippen molar-refractivity contribution in [3.8, 4) is 0 Å². The van der Waals surface area contributed by atoms with Crippen LogP contribution in [0.5, 0.6) is 0 Å². The highest BCUT2D eigenvalue weighted by Crippen LogP contribution is 2.27. The predicted molar refractivity (Wildman–Crippen MR) is 93.3 cm³/mol. The molecule has 0 bridgehead atoms. The van der Waals surface area contributed by atoms with Crippen LogP contribution in [-0.2, 0) is 21.2 Å². The molecule has 132 valence electrons.